The molecule has 12 heteroatoms. The molecule has 0 saturated carbocycles. The van der Waals surface area contributed by atoms with Crippen molar-refractivity contribution in [1.82, 2.24) is 0 Å². The van der Waals surface area contributed by atoms with E-state index in [-0.39, 0.29) is 41.5 Å². The number of fused-ring (bicyclic) bond motifs is 8. The van der Waals surface area contributed by atoms with Gasteiger partial charge in [-0.15, -0.1) is 0 Å². The molecule has 4 aromatic carbocycles. The Morgan fingerprint density at radius 1 is 0.867 bits per heavy atom. The SMILES string of the molecule is COc1c(CC(=O)c2cc3c(cc2O)OC(C)(C)C(O)C3)ccc2c1C=CC(C)(C)O2.COc1cc2c(cc1OC)C1C(=O)c3ccc4c(c3OC1CO2)CC(C(C)C)O4. The van der Waals surface area contributed by atoms with Gasteiger partial charge in [-0.1, -0.05) is 19.9 Å². The summed E-state index contributed by atoms with van der Waals surface area (Å²) < 4.78 is 46.6. The number of aliphatic hydroxyl groups excluding tert-OH is 1. The van der Waals surface area contributed by atoms with Crippen LogP contribution in [0.1, 0.15) is 96.0 Å². The summed E-state index contributed by atoms with van der Waals surface area (Å²) in [5, 5.41) is 20.8. The molecule has 2 N–H and O–H groups in total. The van der Waals surface area contributed by atoms with E-state index >= 15 is 0 Å². The van der Waals surface area contributed by atoms with Crippen LogP contribution in [0.5, 0.6) is 51.7 Å². The van der Waals surface area contributed by atoms with Crippen LogP contribution in [0.4, 0.5) is 0 Å². The Kier molecular flexibility index (Phi) is 10.4. The molecular weight excluding hydrogens is 769 g/mol. The van der Waals surface area contributed by atoms with Crippen LogP contribution in [0.15, 0.2) is 54.6 Å². The van der Waals surface area contributed by atoms with E-state index in [9.17, 15) is 19.8 Å². The Balaban J connectivity index is 0.000000167. The van der Waals surface area contributed by atoms with E-state index in [1.807, 2.05) is 56.3 Å². The molecule has 0 bridgehead atoms. The van der Waals surface area contributed by atoms with Crippen LogP contribution < -0.4 is 37.9 Å². The highest BCUT2D eigenvalue weighted by molar-refractivity contribution is 6.06. The molecule has 0 aromatic heterocycles. The van der Waals surface area contributed by atoms with Gasteiger partial charge >= 0.3 is 0 Å². The highest BCUT2D eigenvalue weighted by atomic mass is 16.5. The Hall–Kier alpha value is -5.88. The average Bonchev–Trinajstić information content (AvgIpc) is 3.66. The largest absolute Gasteiger partial charge is 0.507 e. The minimum Gasteiger partial charge on any atom is -0.507 e. The van der Waals surface area contributed by atoms with Crippen molar-refractivity contribution in [2.24, 2.45) is 5.92 Å². The van der Waals surface area contributed by atoms with Crippen molar-refractivity contribution in [3.8, 4) is 51.7 Å². The summed E-state index contributed by atoms with van der Waals surface area (Å²) in [4.78, 5) is 26.6. The first-order valence-corrected chi connectivity index (χ1v) is 20.3. The van der Waals surface area contributed by atoms with Gasteiger partial charge in [0.25, 0.3) is 0 Å². The lowest BCUT2D eigenvalue weighted by molar-refractivity contribution is -0.0412. The second-order valence-electron chi connectivity index (χ2n) is 17.3. The van der Waals surface area contributed by atoms with Crippen molar-refractivity contribution in [2.45, 2.75) is 96.2 Å². The summed E-state index contributed by atoms with van der Waals surface area (Å²) in [5.41, 5.74) is 3.59. The monoisotopic (exact) mass is 820 g/mol. The molecule has 0 saturated heterocycles. The van der Waals surface area contributed by atoms with Crippen LogP contribution in [0.3, 0.4) is 0 Å². The normalized spacial score (nSPS) is 21.9. The van der Waals surface area contributed by atoms with Crippen LogP contribution in [-0.2, 0) is 19.3 Å². The van der Waals surface area contributed by atoms with Crippen molar-refractivity contribution in [1.29, 1.82) is 0 Å². The molecule has 4 aromatic rings. The van der Waals surface area contributed by atoms with Crippen LogP contribution in [0.2, 0.25) is 0 Å². The van der Waals surface area contributed by atoms with Crippen LogP contribution in [-0.4, -0.2) is 79.2 Å². The summed E-state index contributed by atoms with van der Waals surface area (Å²) in [6, 6.07) is 14.0. The molecule has 5 aliphatic rings. The molecule has 0 amide bonds. The first-order valence-electron chi connectivity index (χ1n) is 20.3. The lowest BCUT2D eigenvalue weighted by atomic mass is 9.81. The molecule has 316 valence electrons. The number of methoxy groups -OCH3 is 3. The summed E-state index contributed by atoms with van der Waals surface area (Å²) in [7, 11) is 4.72. The number of ether oxygens (including phenoxy) is 8. The fourth-order valence-electron chi connectivity index (χ4n) is 8.48. The molecule has 0 spiro atoms. The maximum Gasteiger partial charge on any atom is 0.178 e. The van der Waals surface area contributed by atoms with Gasteiger partial charge in [-0.05, 0) is 81.7 Å². The third-order valence-electron chi connectivity index (χ3n) is 12.0. The molecule has 4 unspecified atom stereocenters. The van der Waals surface area contributed by atoms with Gasteiger partial charge in [-0.3, -0.25) is 9.59 Å². The van der Waals surface area contributed by atoms with Crippen LogP contribution in [0.25, 0.3) is 6.08 Å². The van der Waals surface area contributed by atoms with Gasteiger partial charge in [-0.25, -0.2) is 0 Å². The first kappa shape index (κ1) is 40.9. The number of aliphatic hydroxyl groups is 1. The van der Waals surface area contributed by atoms with Crippen LogP contribution in [0, 0.1) is 5.92 Å². The standard InChI is InChI=1S/C25H28O6.C23H24O6/c1-24(2)9-8-16-20(30-24)7-6-14(23(16)29-5)11-18(26)17-10-15-12-22(28)25(3,4)31-21(15)13-19(17)27;1-11(2)16-8-14-15(28-16)6-5-12-22(24)21-13-7-18(25-3)19(26-4)9-17(13)27-10-20(21)29-23(12)14/h6-10,13,22,27-28H,11-12H2,1-5H3;5-7,9,11,16,20-21H,8,10H2,1-4H3. The zero-order valence-electron chi connectivity index (χ0n) is 35.5. The predicted octanol–water partition coefficient (Wildman–Crippen LogP) is 7.87. The molecular formula is C48H52O12. The van der Waals surface area contributed by atoms with E-state index in [2.05, 4.69) is 13.8 Å². The summed E-state index contributed by atoms with van der Waals surface area (Å²) >= 11 is 0. The lowest BCUT2D eigenvalue weighted by Crippen LogP contribution is -2.46. The summed E-state index contributed by atoms with van der Waals surface area (Å²) in [6.45, 7) is 12.1. The van der Waals surface area contributed by atoms with Crippen molar-refractivity contribution in [3.05, 3.63) is 93.6 Å². The van der Waals surface area contributed by atoms with Gasteiger partial charge in [0, 0.05) is 48.1 Å². The van der Waals surface area contributed by atoms with Gasteiger partial charge in [0.05, 0.1) is 50.0 Å². The van der Waals surface area contributed by atoms with E-state index in [0.29, 0.717) is 75.9 Å². The number of carbonyl (C=O) groups excluding carboxylic acids is 2. The number of phenols is 1. The number of aromatic hydroxyl groups is 1. The average molecular weight is 821 g/mol. The second-order valence-corrected chi connectivity index (χ2v) is 17.3. The van der Waals surface area contributed by atoms with Crippen molar-refractivity contribution in [3.63, 3.8) is 0 Å². The number of ketones is 2. The third-order valence-corrected chi connectivity index (χ3v) is 12.0. The van der Waals surface area contributed by atoms with Crippen molar-refractivity contribution < 1.29 is 57.7 Å². The van der Waals surface area contributed by atoms with Gasteiger partial charge < -0.3 is 48.1 Å². The number of hydrogen-bond acceptors (Lipinski definition) is 12. The molecule has 0 fully saturated rings. The maximum absolute atomic E-state index is 13.5. The summed E-state index contributed by atoms with van der Waals surface area (Å²) in [6.07, 6.45) is 4.07. The molecule has 5 heterocycles. The highest BCUT2D eigenvalue weighted by Gasteiger charge is 2.46. The molecule has 60 heavy (non-hydrogen) atoms. The smallest absolute Gasteiger partial charge is 0.178 e. The Morgan fingerprint density at radius 3 is 2.32 bits per heavy atom. The van der Waals surface area contributed by atoms with E-state index in [4.69, 9.17) is 37.9 Å². The minimum absolute atomic E-state index is 0.0452. The lowest BCUT2D eigenvalue weighted by Gasteiger charge is -2.37. The fraction of sp³-hybridized carbons (Fsp3) is 0.417. The molecule has 9 rings (SSSR count). The zero-order chi connectivity index (χ0) is 42.8. The molecule has 12 nitrogen and oxygen atoms in total. The van der Waals surface area contributed by atoms with Gasteiger partial charge in [-0.2, -0.15) is 0 Å². The molecule has 5 aliphatic heterocycles. The van der Waals surface area contributed by atoms with Crippen molar-refractivity contribution in [2.75, 3.05) is 27.9 Å². The summed E-state index contributed by atoms with van der Waals surface area (Å²) in [5.74, 6) is 4.61. The Labute approximate surface area is 349 Å². The second kappa shape index (κ2) is 15.3. The van der Waals surface area contributed by atoms with E-state index in [1.54, 1.807) is 47.3 Å². The molecule has 0 aliphatic carbocycles. The fourth-order valence-corrected chi connectivity index (χ4v) is 8.48. The third kappa shape index (κ3) is 7.24. The highest BCUT2D eigenvalue weighted by Crippen LogP contribution is 2.50. The topological polar surface area (TPSA) is 148 Å². The van der Waals surface area contributed by atoms with Crippen molar-refractivity contribution >= 4 is 17.6 Å². The van der Waals surface area contributed by atoms with Gasteiger partial charge in [0.15, 0.2) is 23.1 Å². The first-order chi connectivity index (χ1) is 28.5. The number of Topliss-reactive ketones (excluding diaryl/α,β-unsaturated/α-hetero) is 2. The number of rotatable bonds is 7. The van der Waals surface area contributed by atoms with Gasteiger partial charge in [0.2, 0.25) is 0 Å². The predicted molar refractivity (Wildman–Crippen MR) is 223 cm³/mol. The van der Waals surface area contributed by atoms with E-state index in [1.165, 1.54) is 6.07 Å². The zero-order valence-corrected chi connectivity index (χ0v) is 35.5. The number of phenolic OH excluding ortho intramolecular Hbond substituents is 1. The maximum atomic E-state index is 13.5. The van der Waals surface area contributed by atoms with E-state index < -0.39 is 23.2 Å². The molecule has 0 radical (unpaired) electrons. The number of benzene rings is 4. The Bertz CT molecular complexity index is 2410. The van der Waals surface area contributed by atoms with E-state index in [0.717, 1.165) is 28.9 Å². The number of hydrogen-bond donors (Lipinski definition) is 2. The van der Waals surface area contributed by atoms with Gasteiger partial charge in [0.1, 0.15) is 70.3 Å². The Morgan fingerprint density at radius 2 is 1.60 bits per heavy atom. The minimum atomic E-state index is -0.758. The molecule has 4 atom stereocenters. The number of carbonyl (C=O) groups is 2. The quantitative estimate of drug-likeness (QED) is 0.175. The van der Waals surface area contributed by atoms with Crippen LogP contribution >= 0.6 is 0 Å².